The zero-order chi connectivity index (χ0) is 55.2. The zero-order valence-corrected chi connectivity index (χ0v) is 40.3. The Hall–Kier alpha value is -7.90. The number of primary amides is 1. The number of hydrogen-bond acceptors (Lipinski definition) is 16. The van der Waals surface area contributed by atoms with E-state index in [-0.39, 0.29) is 57.1 Å². The van der Waals surface area contributed by atoms with Crippen molar-refractivity contribution in [1.82, 2.24) is 42.5 Å². The molecule has 0 aromatic rings. The van der Waals surface area contributed by atoms with Gasteiger partial charge in [-0.3, -0.25) is 67.5 Å². The number of unbranched alkanes of at least 4 members (excludes halogenated alkanes) is 1. The molecule has 9 atom stereocenters. The summed E-state index contributed by atoms with van der Waals surface area (Å²) in [7, 11) is 0. The molecule has 406 valence electrons. The van der Waals surface area contributed by atoms with Crippen molar-refractivity contribution in [2.24, 2.45) is 50.1 Å². The van der Waals surface area contributed by atoms with E-state index in [1.165, 1.54) is 6.92 Å². The van der Waals surface area contributed by atoms with E-state index in [1.54, 1.807) is 0 Å². The van der Waals surface area contributed by atoms with E-state index in [1.807, 2.05) is 0 Å². The number of carbonyl (C=O) groups is 12. The third-order valence-corrected chi connectivity index (χ3v) is 10.0. The molecule has 32 heteroatoms. The normalized spacial score (nSPS) is 14.5. The Balaban J connectivity index is 6.42. The molecule has 0 aliphatic heterocycles. The summed E-state index contributed by atoms with van der Waals surface area (Å²) in [6.45, 7) is 3.70. The van der Waals surface area contributed by atoms with Crippen LogP contribution in [0.15, 0.2) is 9.98 Å². The number of nitrogens with zero attached hydrogens (tertiary/aromatic N) is 2. The first kappa shape index (κ1) is 64.1. The number of carboxylic acid groups (broad SMARTS) is 3. The van der Waals surface area contributed by atoms with Gasteiger partial charge in [0.2, 0.25) is 53.2 Å². The Morgan fingerprint density at radius 2 is 0.806 bits per heavy atom. The van der Waals surface area contributed by atoms with Crippen LogP contribution >= 0.6 is 0 Å². The zero-order valence-electron chi connectivity index (χ0n) is 40.3. The summed E-state index contributed by atoms with van der Waals surface area (Å²) in [6.07, 6.45) is -2.10. The van der Waals surface area contributed by atoms with E-state index in [0.717, 1.165) is 13.8 Å². The lowest BCUT2D eigenvalue weighted by Gasteiger charge is -2.26. The third-order valence-electron chi connectivity index (χ3n) is 10.0. The second-order valence-electron chi connectivity index (χ2n) is 16.3. The highest BCUT2D eigenvalue weighted by Gasteiger charge is 2.34. The Bertz CT molecular complexity index is 1980. The van der Waals surface area contributed by atoms with E-state index < -0.39 is 151 Å². The van der Waals surface area contributed by atoms with Crippen LogP contribution < -0.4 is 82.7 Å². The average Bonchev–Trinajstić information content (AvgIpc) is 3.28. The number of carboxylic acids is 3. The fourth-order valence-electron chi connectivity index (χ4n) is 6.07. The molecular weight excluding hydrogens is 959 g/mol. The second-order valence-corrected chi connectivity index (χ2v) is 16.3. The minimum atomic E-state index is -1.95. The van der Waals surface area contributed by atoms with Crippen LogP contribution in [0.3, 0.4) is 0 Å². The van der Waals surface area contributed by atoms with Crippen molar-refractivity contribution in [3.8, 4) is 0 Å². The molecule has 0 rings (SSSR count). The van der Waals surface area contributed by atoms with Crippen molar-refractivity contribution >= 4 is 83.0 Å². The van der Waals surface area contributed by atoms with Gasteiger partial charge in [-0.2, -0.15) is 0 Å². The van der Waals surface area contributed by atoms with Crippen LogP contribution in [0, 0.1) is 0 Å². The lowest BCUT2D eigenvalue weighted by Crippen LogP contribution is -2.60. The molecule has 0 radical (unpaired) electrons. The summed E-state index contributed by atoms with van der Waals surface area (Å²) < 4.78 is 0. The number of aliphatic carboxylic acids is 3. The van der Waals surface area contributed by atoms with Crippen LogP contribution in [0.25, 0.3) is 0 Å². The molecule has 0 fully saturated rings. The van der Waals surface area contributed by atoms with Gasteiger partial charge in [0.25, 0.3) is 0 Å². The van der Waals surface area contributed by atoms with E-state index in [4.69, 9.17) is 40.1 Å². The van der Waals surface area contributed by atoms with Crippen molar-refractivity contribution in [1.29, 1.82) is 0 Å². The fraction of sp³-hybridized carbons (Fsp3) is 0.650. The number of aliphatic imine (C=N–C) groups is 2. The van der Waals surface area contributed by atoms with Crippen molar-refractivity contribution in [3.63, 3.8) is 0 Å². The molecule has 72 heavy (non-hydrogen) atoms. The van der Waals surface area contributed by atoms with Gasteiger partial charge in [-0.05, 0) is 72.3 Å². The summed E-state index contributed by atoms with van der Waals surface area (Å²) in [5.41, 5.74) is 38.1. The maximum Gasteiger partial charge on any atom is 0.325 e. The number of carbonyl (C=O) groups excluding carboxylic acids is 9. The minimum absolute atomic E-state index is 0.0180. The molecular formula is C40H71N17O15. The van der Waals surface area contributed by atoms with Gasteiger partial charge in [0.05, 0.1) is 18.9 Å². The monoisotopic (exact) mass is 1030 g/mol. The number of amides is 9. The molecule has 0 heterocycles. The van der Waals surface area contributed by atoms with Gasteiger partial charge in [-0.15, -0.1) is 0 Å². The summed E-state index contributed by atoms with van der Waals surface area (Å²) >= 11 is 0. The van der Waals surface area contributed by atoms with Gasteiger partial charge in [-0.1, -0.05) is 6.42 Å². The standard InChI is InChI=1S/C40H71N17O15/c1-18(30(63)53-22(9-6-14-48-39(44)45)33(66)52-20(3)38(71)72)51-36(69)26(17-29(61)62)57-35(68)23(10-7-15-49-40(46)47)55-37(70)25(16-27(43)58)56-31(64)19(2)50-34(67)24(11-12-28(59)60)54-32(65)21(42)8-4-5-13-41/h18-26H,4-17,41-42H2,1-3H3,(H2,43,58)(H,50,67)(H,51,69)(H,52,66)(H,53,63)(H,54,65)(H,55,70)(H,56,64)(H,57,68)(H,59,60)(H,61,62)(H,71,72)(H4,44,45,48)(H4,46,47,49)/t18-,19-,20-,21-,22-,23-,24-,25-,26-/m0/s1. The van der Waals surface area contributed by atoms with Gasteiger partial charge in [-0.25, -0.2) is 0 Å². The molecule has 25 N–H and O–H groups in total. The van der Waals surface area contributed by atoms with Crippen molar-refractivity contribution in [3.05, 3.63) is 0 Å². The molecule has 0 aromatic carbocycles. The number of nitrogens with two attached hydrogens (primary N) is 7. The summed E-state index contributed by atoms with van der Waals surface area (Å²) in [4.78, 5) is 161. The Morgan fingerprint density at radius 3 is 1.24 bits per heavy atom. The van der Waals surface area contributed by atoms with Crippen LogP contribution in [0.5, 0.6) is 0 Å². The summed E-state index contributed by atoms with van der Waals surface area (Å²) in [5.74, 6) is -14.5. The first-order valence-corrected chi connectivity index (χ1v) is 22.5. The molecule has 0 aliphatic rings. The topological polar surface area (TPSA) is 569 Å². The van der Waals surface area contributed by atoms with E-state index in [0.29, 0.717) is 19.4 Å². The summed E-state index contributed by atoms with van der Waals surface area (Å²) in [6, 6.07) is -13.8. The molecule has 32 nitrogen and oxygen atoms in total. The second kappa shape index (κ2) is 33.6. The van der Waals surface area contributed by atoms with Crippen molar-refractivity contribution in [2.45, 2.75) is 146 Å². The molecule has 0 aliphatic carbocycles. The lowest BCUT2D eigenvalue weighted by molar-refractivity contribution is -0.142. The summed E-state index contributed by atoms with van der Waals surface area (Å²) in [5, 5.41) is 46.2. The van der Waals surface area contributed by atoms with Gasteiger partial charge in [0.15, 0.2) is 11.9 Å². The Labute approximate surface area is 413 Å². The van der Waals surface area contributed by atoms with Crippen LogP contribution in [0.4, 0.5) is 0 Å². The number of guanidine groups is 2. The smallest absolute Gasteiger partial charge is 0.325 e. The Kier molecular flexibility index (Phi) is 29.9. The quantitative estimate of drug-likeness (QED) is 0.0157. The molecule has 0 saturated carbocycles. The fourth-order valence-corrected chi connectivity index (χ4v) is 6.07. The lowest BCUT2D eigenvalue weighted by atomic mass is 10.1. The van der Waals surface area contributed by atoms with Crippen LogP contribution in [-0.2, 0) is 57.5 Å². The maximum atomic E-state index is 13.8. The van der Waals surface area contributed by atoms with Gasteiger partial charge in [0, 0.05) is 19.5 Å². The number of hydrogen-bond donors (Lipinski definition) is 18. The largest absolute Gasteiger partial charge is 0.481 e. The molecule has 0 unspecified atom stereocenters. The van der Waals surface area contributed by atoms with Crippen molar-refractivity contribution in [2.75, 3.05) is 19.6 Å². The highest BCUT2D eigenvalue weighted by molar-refractivity contribution is 5.99. The van der Waals surface area contributed by atoms with Crippen LogP contribution in [0.2, 0.25) is 0 Å². The maximum absolute atomic E-state index is 13.8. The SMILES string of the molecule is C[C@H](NC(=O)[C@H](CCCN=C(N)N)NC(=O)[C@H](C)NC(=O)[C@H](CC(=O)O)NC(=O)[C@H](CCCN=C(N)N)NC(=O)[C@H](CC(N)=O)NC(=O)[C@H](C)NC(=O)[C@H](CCC(=O)O)NC(=O)[C@@H](N)CCCCN)C(=O)O. The molecule has 0 saturated heterocycles. The predicted octanol–water partition coefficient (Wildman–Crippen LogP) is -8.21. The molecule has 9 amide bonds. The van der Waals surface area contributed by atoms with Crippen LogP contribution in [0.1, 0.15) is 91.4 Å². The van der Waals surface area contributed by atoms with Crippen molar-refractivity contribution < 1.29 is 72.9 Å². The van der Waals surface area contributed by atoms with E-state index >= 15 is 0 Å². The number of rotatable bonds is 36. The highest BCUT2D eigenvalue weighted by atomic mass is 16.4. The van der Waals surface area contributed by atoms with Crippen LogP contribution in [-0.4, -0.2) is 172 Å². The Morgan fingerprint density at radius 1 is 0.431 bits per heavy atom. The molecule has 0 spiro atoms. The minimum Gasteiger partial charge on any atom is -0.481 e. The average molecular weight is 1030 g/mol. The van der Waals surface area contributed by atoms with Gasteiger partial charge >= 0.3 is 17.9 Å². The first-order valence-electron chi connectivity index (χ1n) is 22.5. The van der Waals surface area contributed by atoms with Gasteiger partial charge < -0.3 is 98.0 Å². The third kappa shape index (κ3) is 27.3. The molecule has 0 bridgehead atoms. The number of nitrogens with one attached hydrogen (secondary N) is 8. The first-order chi connectivity index (χ1) is 33.6. The van der Waals surface area contributed by atoms with Gasteiger partial charge in [0.1, 0.15) is 48.3 Å². The predicted molar refractivity (Wildman–Crippen MR) is 254 cm³/mol. The van der Waals surface area contributed by atoms with E-state index in [9.17, 15) is 72.9 Å². The molecule has 0 aromatic heterocycles. The van der Waals surface area contributed by atoms with E-state index in [2.05, 4.69) is 52.5 Å². The highest BCUT2D eigenvalue weighted by Crippen LogP contribution is 2.07.